The van der Waals surface area contributed by atoms with E-state index in [1.807, 2.05) is 0 Å². The number of anilines is 1. The number of rotatable bonds is 2. The van der Waals surface area contributed by atoms with Crippen LogP contribution in [0, 0.1) is 12.7 Å². The summed E-state index contributed by atoms with van der Waals surface area (Å²) >= 11 is 0.995. The summed E-state index contributed by atoms with van der Waals surface area (Å²) in [4.78, 5) is 34.7. The molecule has 0 saturated heterocycles. The van der Waals surface area contributed by atoms with Crippen molar-refractivity contribution in [3.8, 4) is 11.3 Å². The number of benzene rings is 1. The molecule has 0 spiro atoms. The summed E-state index contributed by atoms with van der Waals surface area (Å²) in [5.74, 6) is -0.625. The molecule has 0 radical (unpaired) electrons. The van der Waals surface area contributed by atoms with Crippen LogP contribution in [0.25, 0.3) is 11.3 Å². The van der Waals surface area contributed by atoms with E-state index < -0.39 is 11.9 Å². The highest BCUT2D eigenvalue weighted by atomic mass is 32.1. The van der Waals surface area contributed by atoms with Crippen LogP contribution in [0.2, 0.25) is 0 Å². The first-order chi connectivity index (χ1) is 12.4. The van der Waals surface area contributed by atoms with Crippen molar-refractivity contribution in [2.45, 2.75) is 19.4 Å². The van der Waals surface area contributed by atoms with Crippen LogP contribution in [0.4, 0.5) is 10.3 Å². The van der Waals surface area contributed by atoms with E-state index in [9.17, 15) is 14.0 Å². The molecule has 0 fully saturated rings. The van der Waals surface area contributed by atoms with Crippen molar-refractivity contribution in [3.05, 3.63) is 61.6 Å². The Bertz CT molecular complexity index is 1090. The van der Waals surface area contributed by atoms with Gasteiger partial charge >= 0.3 is 4.87 Å². The van der Waals surface area contributed by atoms with Crippen LogP contribution in [0.15, 0.2) is 28.4 Å². The van der Waals surface area contributed by atoms with Crippen molar-refractivity contribution in [1.82, 2.24) is 20.3 Å². The third kappa shape index (κ3) is 2.76. The minimum Gasteiger partial charge on any atom is -0.368 e. The van der Waals surface area contributed by atoms with Gasteiger partial charge in [0.05, 0.1) is 28.7 Å². The van der Waals surface area contributed by atoms with Crippen LogP contribution in [-0.2, 0) is 6.42 Å². The van der Waals surface area contributed by atoms with E-state index in [1.165, 1.54) is 12.1 Å². The lowest BCUT2D eigenvalue weighted by Gasteiger charge is -2.27. The first-order valence-electron chi connectivity index (χ1n) is 7.84. The number of nitrogens with two attached hydrogens (primary N) is 1. The summed E-state index contributed by atoms with van der Waals surface area (Å²) in [7, 11) is 0. The molecule has 4 N–H and O–H groups in total. The number of aryl methyl sites for hydroxylation is 1. The summed E-state index contributed by atoms with van der Waals surface area (Å²) in [6, 6.07) is 3.84. The van der Waals surface area contributed by atoms with Gasteiger partial charge < -0.3 is 16.0 Å². The number of carbonyl (C=O) groups is 1. The van der Waals surface area contributed by atoms with Crippen LogP contribution in [0.1, 0.15) is 33.4 Å². The first kappa shape index (κ1) is 16.4. The van der Waals surface area contributed by atoms with Crippen molar-refractivity contribution in [1.29, 1.82) is 0 Å². The molecule has 4 rings (SSSR count). The molecule has 1 aliphatic rings. The van der Waals surface area contributed by atoms with Gasteiger partial charge in [-0.1, -0.05) is 17.4 Å². The van der Waals surface area contributed by atoms with Crippen molar-refractivity contribution >= 4 is 23.2 Å². The van der Waals surface area contributed by atoms with E-state index in [0.717, 1.165) is 11.3 Å². The molecule has 1 aromatic carbocycles. The summed E-state index contributed by atoms with van der Waals surface area (Å²) in [5, 5.41) is 4.54. The predicted molar refractivity (Wildman–Crippen MR) is 95.4 cm³/mol. The maximum Gasteiger partial charge on any atom is 0.304 e. The Morgan fingerprint density at radius 3 is 2.85 bits per heavy atom. The fourth-order valence-electron chi connectivity index (χ4n) is 3.24. The molecular formula is C17H14FN5O2S. The van der Waals surface area contributed by atoms with Gasteiger partial charge in [0.15, 0.2) is 0 Å². The fourth-order valence-corrected chi connectivity index (χ4v) is 3.82. The van der Waals surface area contributed by atoms with Crippen molar-refractivity contribution in [2.75, 3.05) is 5.73 Å². The second-order valence-electron chi connectivity index (χ2n) is 6.01. The Labute approximate surface area is 151 Å². The highest BCUT2D eigenvalue weighted by molar-refractivity contribution is 7.07. The van der Waals surface area contributed by atoms with Gasteiger partial charge in [-0.25, -0.2) is 14.4 Å². The van der Waals surface area contributed by atoms with E-state index >= 15 is 0 Å². The number of H-pyrrole nitrogens is 1. The summed E-state index contributed by atoms with van der Waals surface area (Å²) in [6.07, 6.45) is 0.391. The van der Waals surface area contributed by atoms with Crippen LogP contribution < -0.4 is 15.9 Å². The minimum atomic E-state index is -0.430. The number of aromatic amines is 1. The Morgan fingerprint density at radius 2 is 2.12 bits per heavy atom. The molecule has 3 heterocycles. The van der Waals surface area contributed by atoms with Gasteiger partial charge in [0, 0.05) is 17.4 Å². The number of thiazole rings is 1. The molecule has 9 heteroatoms. The van der Waals surface area contributed by atoms with E-state index in [0.29, 0.717) is 40.2 Å². The highest BCUT2D eigenvalue weighted by Gasteiger charge is 2.30. The SMILES string of the molecule is Cc1nc(N)nc2c1C(=O)NC(c1ccc(F)cc1-c1csc(=O)[nH]1)C2. The molecule has 2 aromatic heterocycles. The molecular weight excluding hydrogens is 357 g/mol. The monoisotopic (exact) mass is 371 g/mol. The summed E-state index contributed by atoms with van der Waals surface area (Å²) in [6.45, 7) is 1.70. The zero-order valence-electron chi connectivity index (χ0n) is 13.7. The molecule has 7 nitrogen and oxygen atoms in total. The molecule has 132 valence electrons. The Balaban J connectivity index is 1.82. The standard InChI is InChI=1S/C17H14FN5O2S/c1-7-14-12(22-16(19)20-7)5-11(21-15(14)24)9-3-2-8(18)4-10(9)13-6-26-17(25)23-13/h2-4,6,11H,5H2,1H3,(H,21,24)(H,23,25)(H2,19,20,22). The smallest absolute Gasteiger partial charge is 0.304 e. The van der Waals surface area contributed by atoms with Crippen LogP contribution in [0.5, 0.6) is 0 Å². The van der Waals surface area contributed by atoms with Gasteiger partial charge in [0.1, 0.15) is 5.82 Å². The average Bonchev–Trinajstić information content (AvgIpc) is 3.00. The third-order valence-electron chi connectivity index (χ3n) is 4.31. The summed E-state index contributed by atoms with van der Waals surface area (Å²) < 4.78 is 13.8. The van der Waals surface area contributed by atoms with Gasteiger partial charge in [-0.2, -0.15) is 0 Å². The quantitative estimate of drug-likeness (QED) is 0.637. The molecule has 0 saturated carbocycles. The number of hydrogen-bond acceptors (Lipinski definition) is 6. The molecule has 1 atom stereocenters. The Hall–Kier alpha value is -3.07. The second kappa shape index (κ2) is 6.03. The van der Waals surface area contributed by atoms with Crippen LogP contribution in [0.3, 0.4) is 0 Å². The van der Waals surface area contributed by atoms with Gasteiger partial charge in [-0.05, 0) is 24.6 Å². The number of aromatic nitrogens is 3. The van der Waals surface area contributed by atoms with E-state index in [4.69, 9.17) is 5.73 Å². The number of nitrogens with zero attached hydrogens (tertiary/aromatic N) is 2. The van der Waals surface area contributed by atoms with Crippen LogP contribution >= 0.6 is 11.3 Å². The minimum absolute atomic E-state index is 0.108. The summed E-state index contributed by atoms with van der Waals surface area (Å²) in [5.41, 5.74) is 8.93. The lowest BCUT2D eigenvalue weighted by Crippen LogP contribution is -2.37. The second-order valence-corrected chi connectivity index (χ2v) is 6.85. The van der Waals surface area contributed by atoms with Crippen molar-refractivity contribution in [3.63, 3.8) is 0 Å². The van der Waals surface area contributed by atoms with Gasteiger partial charge in [-0.3, -0.25) is 9.59 Å². The third-order valence-corrected chi connectivity index (χ3v) is 4.98. The van der Waals surface area contributed by atoms with Gasteiger partial charge in [0.25, 0.3) is 5.91 Å². The lowest BCUT2D eigenvalue weighted by molar-refractivity contribution is 0.0922. The van der Waals surface area contributed by atoms with E-state index in [-0.39, 0.29) is 16.7 Å². The zero-order chi connectivity index (χ0) is 18.4. The first-order valence-corrected chi connectivity index (χ1v) is 8.72. The number of halogens is 1. The number of amides is 1. The largest absolute Gasteiger partial charge is 0.368 e. The number of hydrogen-bond donors (Lipinski definition) is 3. The van der Waals surface area contributed by atoms with Crippen molar-refractivity contribution in [2.24, 2.45) is 0 Å². The van der Waals surface area contributed by atoms with E-state index in [1.54, 1.807) is 18.4 Å². The van der Waals surface area contributed by atoms with Gasteiger partial charge in [0.2, 0.25) is 5.95 Å². The van der Waals surface area contributed by atoms with Crippen LogP contribution in [-0.4, -0.2) is 20.9 Å². The normalized spacial score (nSPS) is 16.2. The number of carbonyl (C=O) groups excluding carboxylic acids is 1. The number of fused-ring (bicyclic) bond motifs is 1. The van der Waals surface area contributed by atoms with Crippen molar-refractivity contribution < 1.29 is 9.18 Å². The maximum atomic E-state index is 13.8. The molecule has 0 aliphatic carbocycles. The number of nitrogens with one attached hydrogen (secondary N) is 2. The fraction of sp³-hybridized carbons (Fsp3) is 0.176. The molecule has 1 unspecified atom stereocenters. The highest BCUT2D eigenvalue weighted by Crippen LogP contribution is 2.33. The molecule has 3 aromatic rings. The molecule has 1 aliphatic heterocycles. The molecule has 1 amide bonds. The Kier molecular flexibility index (Phi) is 3.80. The zero-order valence-corrected chi connectivity index (χ0v) is 14.5. The maximum absolute atomic E-state index is 13.8. The Morgan fingerprint density at radius 1 is 1.31 bits per heavy atom. The molecule has 0 bridgehead atoms. The molecule has 26 heavy (non-hydrogen) atoms. The van der Waals surface area contributed by atoms with Gasteiger partial charge in [-0.15, -0.1) is 0 Å². The lowest BCUT2D eigenvalue weighted by atomic mass is 9.90. The van der Waals surface area contributed by atoms with E-state index in [2.05, 4.69) is 20.3 Å². The predicted octanol–water partition coefficient (Wildman–Crippen LogP) is 1.95. The average molecular weight is 371 g/mol. The topological polar surface area (TPSA) is 114 Å². The number of nitrogen functional groups attached to an aromatic ring is 1.